The van der Waals surface area contributed by atoms with E-state index < -0.39 is 0 Å². The van der Waals surface area contributed by atoms with Crippen molar-refractivity contribution in [2.45, 2.75) is 29.5 Å². The quantitative estimate of drug-likeness (QED) is 0.383. The number of pyridine rings is 3. The Hall–Kier alpha value is -2.68. The fraction of sp³-hybridized carbons (Fsp3) is 0.292. The van der Waals surface area contributed by atoms with E-state index in [1.54, 1.807) is 41.6 Å². The third-order valence-electron chi connectivity index (χ3n) is 5.69. The molecule has 0 bridgehead atoms. The van der Waals surface area contributed by atoms with E-state index in [0.29, 0.717) is 10.8 Å². The van der Waals surface area contributed by atoms with E-state index >= 15 is 0 Å². The molecule has 0 amide bonds. The van der Waals surface area contributed by atoms with E-state index in [-0.39, 0.29) is 12.2 Å². The molecule has 1 aliphatic heterocycles. The molecule has 6 nitrogen and oxygen atoms in total. The average molecular weight is 462 g/mol. The molecule has 0 atom stereocenters. The molecule has 0 aliphatic carbocycles. The van der Waals surface area contributed by atoms with E-state index in [1.165, 1.54) is 0 Å². The van der Waals surface area contributed by atoms with Gasteiger partial charge in [0.25, 0.3) is 0 Å². The largest absolute Gasteiger partial charge is 0.306 e. The summed E-state index contributed by atoms with van der Waals surface area (Å²) in [6.45, 7) is 2.23. The van der Waals surface area contributed by atoms with E-state index in [4.69, 9.17) is 0 Å². The minimum Gasteiger partial charge on any atom is -0.306 e. The number of carbonyl (C=O) groups is 1. The molecule has 32 heavy (non-hydrogen) atoms. The smallest absolute Gasteiger partial charge is 0.168 e. The first-order chi connectivity index (χ1) is 15.6. The predicted octanol–water partition coefficient (Wildman–Crippen LogP) is 4.76. The zero-order chi connectivity index (χ0) is 21.9. The lowest BCUT2D eigenvalue weighted by Crippen LogP contribution is -2.31. The highest BCUT2D eigenvalue weighted by Crippen LogP contribution is 2.29. The first-order valence-electron chi connectivity index (χ1n) is 10.6. The first kappa shape index (κ1) is 21.2. The number of thioether (sulfide) groups is 1. The van der Waals surface area contributed by atoms with Gasteiger partial charge in [-0.05, 0) is 57.2 Å². The molecule has 0 N–H and O–H groups in total. The number of aromatic nitrogens is 4. The van der Waals surface area contributed by atoms with Gasteiger partial charge >= 0.3 is 0 Å². The van der Waals surface area contributed by atoms with Gasteiger partial charge in [0.15, 0.2) is 5.78 Å². The van der Waals surface area contributed by atoms with E-state index in [9.17, 15) is 4.79 Å². The fourth-order valence-electron chi connectivity index (χ4n) is 3.85. The second kappa shape index (κ2) is 9.44. The number of hydrogen-bond donors (Lipinski definition) is 0. The Balaban J connectivity index is 1.31. The summed E-state index contributed by atoms with van der Waals surface area (Å²) in [7, 11) is 2.16. The van der Waals surface area contributed by atoms with E-state index in [2.05, 4.69) is 37.9 Å². The molecule has 0 unspecified atom stereocenters. The van der Waals surface area contributed by atoms with Gasteiger partial charge in [0, 0.05) is 46.0 Å². The summed E-state index contributed by atoms with van der Waals surface area (Å²) < 4.78 is 0. The minimum absolute atomic E-state index is 0.0519. The summed E-state index contributed by atoms with van der Waals surface area (Å²) in [4.78, 5) is 34.0. The number of ketones is 1. The lowest BCUT2D eigenvalue weighted by Gasteiger charge is -2.28. The van der Waals surface area contributed by atoms with Crippen molar-refractivity contribution >= 4 is 39.8 Å². The Morgan fingerprint density at radius 3 is 2.81 bits per heavy atom. The van der Waals surface area contributed by atoms with Crippen LogP contribution in [0.25, 0.3) is 21.3 Å². The molecule has 5 rings (SSSR count). The normalized spacial score (nSPS) is 15.3. The van der Waals surface area contributed by atoms with Crippen LogP contribution < -0.4 is 0 Å². The Bertz CT molecular complexity index is 1240. The summed E-state index contributed by atoms with van der Waals surface area (Å²) in [5.74, 6) is 0.0519. The lowest BCUT2D eigenvalue weighted by atomic mass is 10.1. The zero-order valence-electron chi connectivity index (χ0n) is 17.8. The molecule has 4 aromatic rings. The molecule has 0 aromatic carbocycles. The number of likely N-dealkylation sites (tertiary alicyclic amines) is 1. The van der Waals surface area contributed by atoms with Crippen LogP contribution in [0.3, 0.4) is 0 Å². The molecule has 1 fully saturated rings. The molecular weight excluding hydrogens is 438 g/mol. The van der Waals surface area contributed by atoms with Crippen molar-refractivity contribution in [1.82, 2.24) is 24.8 Å². The fourth-order valence-corrected chi connectivity index (χ4v) is 5.56. The SMILES string of the molecule is CN1CCC(Sc2cc(C(=O)Cc3cc4cc(-c5cncs5)cnc4cn3)ccn2)CC1. The summed E-state index contributed by atoms with van der Waals surface area (Å²) in [5.41, 5.74) is 5.08. The number of thiazole rings is 1. The Morgan fingerprint density at radius 1 is 1.12 bits per heavy atom. The monoisotopic (exact) mass is 461 g/mol. The van der Waals surface area contributed by atoms with Gasteiger partial charge in [0.2, 0.25) is 0 Å². The van der Waals surface area contributed by atoms with Gasteiger partial charge in [0.05, 0.1) is 33.5 Å². The highest BCUT2D eigenvalue weighted by molar-refractivity contribution is 7.99. The van der Waals surface area contributed by atoms with Crippen LogP contribution in [0.15, 0.2) is 59.6 Å². The molecule has 1 saturated heterocycles. The Kier molecular flexibility index (Phi) is 6.25. The maximum Gasteiger partial charge on any atom is 0.168 e. The summed E-state index contributed by atoms with van der Waals surface area (Å²) in [6, 6.07) is 7.76. The van der Waals surface area contributed by atoms with E-state index in [0.717, 1.165) is 58.0 Å². The van der Waals surface area contributed by atoms with Crippen molar-refractivity contribution in [3.63, 3.8) is 0 Å². The number of piperidine rings is 1. The lowest BCUT2D eigenvalue weighted by molar-refractivity contribution is 0.0991. The number of Topliss-reactive ketones (excluding diaryl/α,β-unsaturated/α-hetero) is 1. The maximum atomic E-state index is 13.0. The van der Waals surface area contributed by atoms with Crippen LogP contribution in [0.2, 0.25) is 0 Å². The van der Waals surface area contributed by atoms with Gasteiger partial charge < -0.3 is 4.90 Å². The van der Waals surface area contributed by atoms with Crippen molar-refractivity contribution in [1.29, 1.82) is 0 Å². The van der Waals surface area contributed by atoms with Crippen LogP contribution in [0.4, 0.5) is 0 Å². The molecule has 0 radical (unpaired) electrons. The number of fused-ring (bicyclic) bond motifs is 1. The standard InChI is InChI=1S/C24H23N5OS2/c1-29-6-3-20(4-7-29)32-24-10-16(2-5-26-24)22(30)11-19-9-17-8-18(23-14-25-15-31-23)12-28-21(17)13-27-19/h2,5,8-10,12-15,20H,3-4,6-7,11H2,1H3. The van der Waals surface area contributed by atoms with Crippen LogP contribution in [-0.2, 0) is 6.42 Å². The second-order valence-corrected chi connectivity index (χ2v) is 10.3. The third-order valence-corrected chi connectivity index (χ3v) is 7.78. The molecule has 8 heteroatoms. The van der Waals surface area contributed by atoms with Crippen molar-refractivity contribution in [3.8, 4) is 10.4 Å². The van der Waals surface area contributed by atoms with Gasteiger partial charge in [-0.1, -0.05) is 0 Å². The van der Waals surface area contributed by atoms with Crippen LogP contribution in [0.1, 0.15) is 28.9 Å². The highest BCUT2D eigenvalue weighted by Gasteiger charge is 2.19. The predicted molar refractivity (Wildman–Crippen MR) is 129 cm³/mol. The molecular formula is C24H23N5OS2. The summed E-state index contributed by atoms with van der Waals surface area (Å²) in [5, 5.41) is 2.46. The molecule has 0 spiro atoms. The third kappa shape index (κ3) is 4.87. The van der Waals surface area contributed by atoms with Crippen LogP contribution in [-0.4, -0.2) is 56.0 Å². The average Bonchev–Trinajstić information content (AvgIpc) is 3.35. The first-order valence-corrected chi connectivity index (χ1v) is 12.4. The molecule has 5 heterocycles. The van der Waals surface area contributed by atoms with Gasteiger partial charge in [-0.2, -0.15) is 0 Å². The van der Waals surface area contributed by atoms with Crippen molar-refractivity contribution in [3.05, 3.63) is 65.8 Å². The van der Waals surface area contributed by atoms with Crippen molar-refractivity contribution in [2.24, 2.45) is 0 Å². The number of nitrogens with zero attached hydrogens (tertiary/aromatic N) is 5. The van der Waals surface area contributed by atoms with Crippen molar-refractivity contribution < 1.29 is 4.79 Å². The summed E-state index contributed by atoms with van der Waals surface area (Å²) in [6.07, 6.45) is 9.71. The van der Waals surface area contributed by atoms with Gasteiger partial charge in [-0.25, -0.2) is 4.98 Å². The van der Waals surface area contributed by atoms with Gasteiger partial charge in [-0.3, -0.25) is 19.7 Å². The van der Waals surface area contributed by atoms with Crippen molar-refractivity contribution in [2.75, 3.05) is 20.1 Å². The Morgan fingerprint density at radius 2 is 2.00 bits per heavy atom. The van der Waals surface area contributed by atoms with E-state index in [1.807, 2.05) is 30.0 Å². The topological polar surface area (TPSA) is 71.9 Å². The molecule has 0 saturated carbocycles. The molecule has 4 aromatic heterocycles. The molecule has 1 aliphatic rings. The van der Waals surface area contributed by atoms with Gasteiger partial charge in [0.1, 0.15) is 0 Å². The highest BCUT2D eigenvalue weighted by atomic mass is 32.2. The van der Waals surface area contributed by atoms with Crippen LogP contribution in [0, 0.1) is 0 Å². The van der Waals surface area contributed by atoms with Crippen LogP contribution >= 0.6 is 23.1 Å². The number of hydrogen-bond acceptors (Lipinski definition) is 8. The number of rotatable bonds is 6. The Labute approximate surface area is 195 Å². The van der Waals surface area contributed by atoms with Gasteiger partial charge in [-0.15, -0.1) is 23.1 Å². The zero-order valence-corrected chi connectivity index (χ0v) is 19.4. The maximum absolute atomic E-state index is 13.0. The summed E-state index contributed by atoms with van der Waals surface area (Å²) >= 11 is 3.37. The minimum atomic E-state index is 0.0519. The number of carbonyl (C=O) groups excluding carboxylic acids is 1. The second-order valence-electron chi connectivity index (χ2n) is 8.06. The van der Waals surface area contributed by atoms with Crippen LogP contribution in [0.5, 0.6) is 0 Å². The molecule has 162 valence electrons.